The molecule has 0 aromatic rings. The van der Waals surface area contributed by atoms with E-state index in [0.29, 0.717) is 36.0 Å². The van der Waals surface area contributed by atoms with Gasteiger partial charge >= 0.3 is 11.9 Å². The van der Waals surface area contributed by atoms with Crippen LogP contribution in [0.15, 0.2) is 24.3 Å². The first kappa shape index (κ1) is 27.0. The minimum absolute atomic E-state index is 0.0529. The first-order chi connectivity index (χ1) is 15.9. The standard InChI is InChI=1S/C29H46O5/c1-17(2)18(3)11-12-19(4)24-13-14-25-23(15-22(33-21(6)30)16-29(24,25)7)27(32)28-20(5)9-8-10-26(31)34-28/h8-9,11-12,17-20,22-25,27-28,32H,10,13-16H2,1-7H3/b12-11+/t18-,19+,20+,22-,23+,24+,25-,27-,28-,29+/m0/s1. The van der Waals surface area contributed by atoms with Crippen LogP contribution in [0.5, 0.6) is 0 Å². The van der Waals surface area contributed by atoms with Crippen molar-refractivity contribution in [3.05, 3.63) is 24.3 Å². The van der Waals surface area contributed by atoms with E-state index < -0.39 is 12.2 Å². The third-order valence-corrected chi connectivity index (χ3v) is 9.22. The molecule has 0 spiro atoms. The molecule has 0 radical (unpaired) electrons. The Hall–Kier alpha value is -1.62. The smallest absolute Gasteiger partial charge is 0.310 e. The zero-order chi connectivity index (χ0) is 25.2. The molecule has 0 unspecified atom stereocenters. The van der Waals surface area contributed by atoms with Gasteiger partial charge in [-0.25, -0.2) is 0 Å². The van der Waals surface area contributed by atoms with Crippen molar-refractivity contribution in [3.63, 3.8) is 0 Å². The van der Waals surface area contributed by atoms with E-state index in [-0.39, 0.29) is 41.7 Å². The molecule has 0 saturated heterocycles. The van der Waals surface area contributed by atoms with Crippen LogP contribution in [-0.4, -0.2) is 35.4 Å². The Morgan fingerprint density at radius 1 is 1.24 bits per heavy atom. The number of rotatable bonds is 7. The lowest BCUT2D eigenvalue weighted by Gasteiger charge is -2.50. The molecule has 0 amide bonds. The fraction of sp³-hybridized carbons (Fsp3) is 0.793. The number of cyclic esters (lactones) is 1. The summed E-state index contributed by atoms with van der Waals surface area (Å²) in [6.45, 7) is 14.9. The Labute approximate surface area is 206 Å². The third kappa shape index (κ3) is 5.78. The lowest BCUT2D eigenvalue weighted by atomic mass is 9.57. The van der Waals surface area contributed by atoms with Crippen molar-refractivity contribution in [3.8, 4) is 0 Å². The van der Waals surface area contributed by atoms with Gasteiger partial charge in [0.25, 0.3) is 0 Å². The third-order valence-electron chi connectivity index (χ3n) is 9.22. The molecule has 0 bridgehead atoms. The monoisotopic (exact) mass is 474 g/mol. The summed E-state index contributed by atoms with van der Waals surface area (Å²) in [7, 11) is 0. The number of carbonyl (C=O) groups excluding carboxylic acids is 2. The highest BCUT2D eigenvalue weighted by molar-refractivity contribution is 5.71. The highest BCUT2D eigenvalue weighted by Gasteiger charge is 2.57. The maximum atomic E-state index is 12.2. The Morgan fingerprint density at radius 2 is 1.94 bits per heavy atom. The quantitative estimate of drug-likeness (QED) is 0.378. The fourth-order valence-electron chi connectivity index (χ4n) is 7.03. The van der Waals surface area contributed by atoms with E-state index in [1.165, 1.54) is 6.92 Å². The highest BCUT2D eigenvalue weighted by Crippen LogP contribution is 2.61. The van der Waals surface area contributed by atoms with E-state index in [0.717, 1.165) is 19.3 Å². The molecule has 1 heterocycles. The molecule has 2 aliphatic carbocycles. The van der Waals surface area contributed by atoms with E-state index in [9.17, 15) is 14.7 Å². The van der Waals surface area contributed by atoms with Crippen LogP contribution < -0.4 is 0 Å². The van der Waals surface area contributed by atoms with Gasteiger partial charge in [0.15, 0.2) is 0 Å². The van der Waals surface area contributed by atoms with Gasteiger partial charge in [0.05, 0.1) is 12.5 Å². The molecule has 0 aromatic heterocycles. The van der Waals surface area contributed by atoms with Crippen molar-refractivity contribution in [2.24, 2.45) is 46.8 Å². The molecule has 34 heavy (non-hydrogen) atoms. The largest absolute Gasteiger partial charge is 0.463 e. The first-order valence-electron chi connectivity index (χ1n) is 13.3. The van der Waals surface area contributed by atoms with Crippen LogP contribution in [0.3, 0.4) is 0 Å². The Balaban J connectivity index is 1.88. The van der Waals surface area contributed by atoms with Crippen LogP contribution in [-0.2, 0) is 19.1 Å². The summed E-state index contributed by atoms with van der Waals surface area (Å²) in [5.41, 5.74) is -0.0529. The molecule has 3 rings (SSSR count). The van der Waals surface area contributed by atoms with E-state index in [1.54, 1.807) is 0 Å². The second-order valence-corrected chi connectivity index (χ2v) is 11.9. The Bertz CT molecular complexity index is 785. The number of carbonyl (C=O) groups is 2. The summed E-state index contributed by atoms with van der Waals surface area (Å²) in [6.07, 6.45) is 10.8. The molecule has 2 fully saturated rings. The van der Waals surface area contributed by atoms with E-state index in [1.807, 2.05) is 19.1 Å². The number of hydrogen-bond donors (Lipinski definition) is 1. The van der Waals surface area contributed by atoms with Crippen LogP contribution in [0.25, 0.3) is 0 Å². The number of fused-ring (bicyclic) bond motifs is 1. The van der Waals surface area contributed by atoms with Gasteiger partial charge in [0.2, 0.25) is 0 Å². The van der Waals surface area contributed by atoms with Crippen LogP contribution >= 0.6 is 0 Å². The number of allylic oxidation sites excluding steroid dienone is 2. The maximum Gasteiger partial charge on any atom is 0.310 e. The van der Waals surface area contributed by atoms with Crippen LogP contribution in [0.2, 0.25) is 0 Å². The van der Waals surface area contributed by atoms with Gasteiger partial charge in [-0.15, -0.1) is 0 Å². The molecule has 3 aliphatic rings. The molecule has 5 heteroatoms. The van der Waals surface area contributed by atoms with Crippen molar-refractivity contribution < 1.29 is 24.2 Å². The number of aliphatic hydroxyl groups is 1. The summed E-state index contributed by atoms with van der Waals surface area (Å²) < 4.78 is 11.5. The van der Waals surface area contributed by atoms with E-state index in [2.05, 4.69) is 46.8 Å². The zero-order valence-electron chi connectivity index (χ0n) is 22.2. The first-order valence-corrected chi connectivity index (χ1v) is 13.3. The predicted octanol–water partition coefficient (Wildman–Crippen LogP) is 5.71. The van der Waals surface area contributed by atoms with Crippen molar-refractivity contribution in [1.29, 1.82) is 0 Å². The van der Waals surface area contributed by atoms with Crippen molar-refractivity contribution in [1.82, 2.24) is 0 Å². The fourth-order valence-corrected chi connectivity index (χ4v) is 7.03. The Kier molecular flexibility index (Phi) is 8.70. The zero-order valence-corrected chi connectivity index (χ0v) is 22.2. The summed E-state index contributed by atoms with van der Waals surface area (Å²) in [5, 5.41) is 11.6. The topological polar surface area (TPSA) is 72.8 Å². The van der Waals surface area contributed by atoms with Crippen molar-refractivity contribution in [2.75, 3.05) is 0 Å². The molecule has 5 nitrogen and oxygen atoms in total. The average Bonchev–Trinajstić information content (AvgIpc) is 3.00. The summed E-state index contributed by atoms with van der Waals surface area (Å²) >= 11 is 0. The minimum atomic E-state index is -0.782. The summed E-state index contributed by atoms with van der Waals surface area (Å²) in [4.78, 5) is 24.1. The molecule has 192 valence electrons. The number of esters is 2. The molecular weight excluding hydrogens is 428 g/mol. The minimum Gasteiger partial charge on any atom is -0.463 e. The van der Waals surface area contributed by atoms with Crippen LogP contribution in [0.1, 0.15) is 80.6 Å². The van der Waals surface area contributed by atoms with E-state index in [4.69, 9.17) is 9.47 Å². The van der Waals surface area contributed by atoms with Crippen LogP contribution in [0, 0.1) is 46.8 Å². The van der Waals surface area contributed by atoms with Gasteiger partial charge in [0.1, 0.15) is 12.2 Å². The number of hydrogen-bond acceptors (Lipinski definition) is 5. The molecule has 2 saturated carbocycles. The predicted molar refractivity (Wildman–Crippen MR) is 134 cm³/mol. The average molecular weight is 475 g/mol. The van der Waals surface area contributed by atoms with Gasteiger partial charge in [-0.05, 0) is 66.6 Å². The van der Waals surface area contributed by atoms with Gasteiger partial charge in [-0.2, -0.15) is 0 Å². The van der Waals surface area contributed by atoms with Gasteiger partial charge < -0.3 is 14.6 Å². The van der Waals surface area contributed by atoms with Gasteiger partial charge in [-0.1, -0.05) is 65.8 Å². The lowest BCUT2D eigenvalue weighted by molar-refractivity contribution is -0.171. The van der Waals surface area contributed by atoms with E-state index >= 15 is 0 Å². The molecule has 10 atom stereocenters. The Morgan fingerprint density at radius 3 is 2.59 bits per heavy atom. The lowest BCUT2D eigenvalue weighted by Crippen LogP contribution is -2.52. The van der Waals surface area contributed by atoms with Crippen molar-refractivity contribution in [2.45, 2.75) is 98.9 Å². The molecular formula is C29H46O5. The molecule has 1 N–H and O–H groups in total. The normalized spacial score (nSPS) is 38.8. The number of ether oxygens (including phenoxy) is 2. The van der Waals surface area contributed by atoms with Crippen molar-refractivity contribution >= 4 is 11.9 Å². The van der Waals surface area contributed by atoms with Crippen LogP contribution in [0.4, 0.5) is 0 Å². The molecule has 0 aromatic carbocycles. The second kappa shape index (κ2) is 11.0. The molecule has 1 aliphatic heterocycles. The SMILES string of the molecule is CC(=O)O[C@H]1C[C@@H]([C@H](O)[C@H]2OC(=O)CC=C[C@H]2C)[C@@H]2CC[C@H]([C@H](C)/C=C/[C@H](C)C(C)C)[C@@]2(C)C1. The highest BCUT2D eigenvalue weighted by atomic mass is 16.6. The number of aliphatic hydroxyl groups excluding tert-OH is 1. The second-order valence-electron chi connectivity index (χ2n) is 11.9. The maximum absolute atomic E-state index is 12.2. The summed E-state index contributed by atoms with van der Waals surface area (Å²) in [5.74, 6) is 1.60. The van der Waals surface area contributed by atoms with Gasteiger partial charge in [-0.3, -0.25) is 9.59 Å². The van der Waals surface area contributed by atoms with Gasteiger partial charge in [0, 0.05) is 12.8 Å². The summed E-state index contributed by atoms with van der Waals surface area (Å²) in [6, 6.07) is 0.